The van der Waals surface area contributed by atoms with Gasteiger partial charge in [0.2, 0.25) is 0 Å². The molecule has 0 spiro atoms. The smallest absolute Gasteiger partial charge is 0.129 e. The van der Waals surface area contributed by atoms with Crippen molar-refractivity contribution in [2.75, 3.05) is 0 Å². The SMILES string of the molecule is CC1NCc2cc(F)cc(F)c2C1C. The van der Waals surface area contributed by atoms with E-state index in [1.807, 2.05) is 13.8 Å². The fraction of sp³-hybridized carbons (Fsp3) is 0.455. The van der Waals surface area contributed by atoms with E-state index in [-0.39, 0.29) is 12.0 Å². The summed E-state index contributed by atoms with van der Waals surface area (Å²) in [7, 11) is 0. The van der Waals surface area contributed by atoms with Crippen LogP contribution in [-0.4, -0.2) is 6.04 Å². The quantitative estimate of drug-likeness (QED) is 0.674. The molecule has 1 aliphatic heterocycles. The van der Waals surface area contributed by atoms with E-state index in [9.17, 15) is 8.78 Å². The number of hydrogen-bond donors (Lipinski definition) is 1. The van der Waals surface area contributed by atoms with Crippen molar-refractivity contribution in [1.82, 2.24) is 5.32 Å². The van der Waals surface area contributed by atoms with Crippen LogP contribution in [0.4, 0.5) is 8.78 Å². The lowest BCUT2D eigenvalue weighted by molar-refractivity contribution is 0.425. The van der Waals surface area contributed by atoms with Gasteiger partial charge in [0.15, 0.2) is 0 Å². The van der Waals surface area contributed by atoms with E-state index < -0.39 is 11.6 Å². The lowest BCUT2D eigenvalue weighted by Crippen LogP contribution is -2.36. The largest absolute Gasteiger partial charge is 0.310 e. The molecule has 14 heavy (non-hydrogen) atoms. The van der Waals surface area contributed by atoms with Crippen molar-refractivity contribution in [3.8, 4) is 0 Å². The van der Waals surface area contributed by atoms with Crippen LogP contribution >= 0.6 is 0 Å². The van der Waals surface area contributed by atoms with Crippen LogP contribution in [0.25, 0.3) is 0 Å². The number of nitrogens with one attached hydrogen (secondary N) is 1. The van der Waals surface area contributed by atoms with Crippen molar-refractivity contribution >= 4 is 0 Å². The third-order valence-corrected chi connectivity index (χ3v) is 3.00. The minimum atomic E-state index is -0.496. The first-order chi connectivity index (χ1) is 6.59. The summed E-state index contributed by atoms with van der Waals surface area (Å²) in [5, 5.41) is 3.21. The van der Waals surface area contributed by atoms with Gasteiger partial charge in [0.1, 0.15) is 11.6 Å². The summed E-state index contributed by atoms with van der Waals surface area (Å²) in [6.45, 7) is 4.52. The summed E-state index contributed by atoms with van der Waals surface area (Å²) in [4.78, 5) is 0. The fourth-order valence-corrected chi connectivity index (χ4v) is 1.99. The van der Waals surface area contributed by atoms with Crippen LogP contribution in [-0.2, 0) is 6.54 Å². The highest BCUT2D eigenvalue weighted by Crippen LogP contribution is 2.30. The van der Waals surface area contributed by atoms with Gasteiger partial charge in [-0.05, 0) is 30.0 Å². The van der Waals surface area contributed by atoms with Gasteiger partial charge in [-0.15, -0.1) is 0 Å². The first-order valence-electron chi connectivity index (χ1n) is 4.81. The summed E-state index contributed by atoms with van der Waals surface area (Å²) in [6.07, 6.45) is 0. The zero-order chi connectivity index (χ0) is 10.3. The van der Waals surface area contributed by atoms with E-state index in [0.717, 1.165) is 11.6 Å². The van der Waals surface area contributed by atoms with Crippen molar-refractivity contribution in [3.05, 3.63) is 34.9 Å². The Morgan fingerprint density at radius 2 is 2.00 bits per heavy atom. The fourth-order valence-electron chi connectivity index (χ4n) is 1.99. The standard InChI is InChI=1S/C11H13F2N/c1-6-7(2)14-5-8-3-9(12)4-10(13)11(6)8/h3-4,6-7,14H,5H2,1-2H3. The zero-order valence-corrected chi connectivity index (χ0v) is 8.27. The topological polar surface area (TPSA) is 12.0 Å². The van der Waals surface area contributed by atoms with Gasteiger partial charge in [-0.3, -0.25) is 0 Å². The molecular formula is C11H13F2N. The van der Waals surface area contributed by atoms with E-state index in [0.29, 0.717) is 12.1 Å². The molecule has 1 aromatic rings. The minimum Gasteiger partial charge on any atom is -0.310 e. The zero-order valence-electron chi connectivity index (χ0n) is 8.27. The lowest BCUT2D eigenvalue weighted by atomic mass is 9.86. The van der Waals surface area contributed by atoms with Crippen LogP contribution in [0.5, 0.6) is 0 Å². The van der Waals surface area contributed by atoms with Crippen LogP contribution in [0, 0.1) is 11.6 Å². The van der Waals surface area contributed by atoms with Crippen molar-refractivity contribution in [3.63, 3.8) is 0 Å². The first-order valence-corrected chi connectivity index (χ1v) is 4.81. The summed E-state index contributed by atoms with van der Waals surface area (Å²) in [5.41, 5.74) is 1.41. The van der Waals surface area contributed by atoms with Crippen molar-refractivity contribution < 1.29 is 8.78 Å². The molecule has 0 bridgehead atoms. The lowest BCUT2D eigenvalue weighted by Gasteiger charge is -2.30. The number of halogens is 2. The average molecular weight is 197 g/mol. The summed E-state index contributed by atoms with van der Waals surface area (Å²) >= 11 is 0. The second-order valence-corrected chi connectivity index (χ2v) is 3.92. The Balaban J connectivity index is 2.54. The molecule has 0 aliphatic carbocycles. The van der Waals surface area contributed by atoms with E-state index >= 15 is 0 Å². The molecule has 2 atom stereocenters. The maximum absolute atomic E-state index is 13.5. The molecule has 76 valence electrons. The molecule has 1 aliphatic rings. The summed E-state index contributed by atoms with van der Waals surface area (Å²) in [5.74, 6) is -0.815. The van der Waals surface area contributed by atoms with Gasteiger partial charge in [-0.2, -0.15) is 0 Å². The van der Waals surface area contributed by atoms with Gasteiger partial charge in [0.05, 0.1) is 0 Å². The third kappa shape index (κ3) is 1.42. The highest BCUT2D eigenvalue weighted by atomic mass is 19.1. The van der Waals surface area contributed by atoms with Gasteiger partial charge < -0.3 is 5.32 Å². The number of hydrogen-bond acceptors (Lipinski definition) is 1. The minimum absolute atomic E-state index is 0.0966. The maximum Gasteiger partial charge on any atom is 0.129 e. The summed E-state index contributed by atoms with van der Waals surface area (Å²) < 4.78 is 26.4. The molecule has 3 heteroatoms. The molecule has 1 heterocycles. The number of rotatable bonds is 0. The molecule has 2 rings (SSSR count). The van der Waals surface area contributed by atoms with Crippen LogP contribution in [0.3, 0.4) is 0 Å². The molecular weight excluding hydrogens is 184 g/mol. The van der Waals surface area contributed by atoms with Gasteiger partial charge in [0.25, 0.3) is 0 Å². The molecule has 0 fully saturated rings. The van der Waals surface area contributed by atoms with Crippen molar-refractivity contribution in [2.45, 2.75) is 32.4 Å². The molecule has 0 saturated heterocycles. The van der Waals surface area contributed by atoms with Crippen LogP contribution in [0.1, 0.15) is 30.9 Å². The first kappa shape index (κ1) is 9.59. The Morgan fingerprint density at radius 3 is 2.71 bits per heavy atom. The third-order valence-electron chi connectivity index (χ3n) is 3.00. The predicted molar refractivity (Wildman–Crippen MR) is 51.1 cm³/mol. The second kappa shape index (κ2) is 3.31. The molecule has 0 saturated carbocycles. The average Bonchev–Trinajstić information content (AvgIpc) is 2.10. The normalized spacial score (nSPS) is 26.0. The van der Waals surface area contributed by atoms with E-state index in [1.165, 1.54) is 6.07 Å². The van der Waals surface area contributed by atoms with Gasteiger partial charge in [-0.1, -0.05) is 6.92 Å². The predicted octanol–water partition coefficient (Wildman–Crippen LogP) is 2.56. The second-order valence-electron chi connectivity index (χ2n) is 3.92. The highest BCUT2D eigenvalue weighted by Gasteiger charge is 2.25. The van der Waals surface area contributed by atoms with Crippen LogP contribution < -0.4 is 5.32 Å². The van der Waals surface area contributed by atoms with Gasteiger partial charge in [-0.25, -0.2) is 8.78 Å². The molecule has 1 nitrogen and oxygen atoms in total. The molecule has 2 unspecified atom stereocenters. The molecule has 1 aromatic carbocycles. The van der Waals surface area contributed by atoms with E-state index in [4.69, 9.17) is 0 Å². The highest BCUT2D eigenvalue weighted by molar-refractivity contribution is 5.35. The van der Waals surface area contributed by atoms with Crippen LogP contribution in [0.15, 0.2) is 12.1 Å². The Bertz CT molecular complexity index is 363. The molecule has 0 aromatic heterocycles. The maximum atomic E-state index is 13.5. The van der Waals surface area contributed by atoms with Crippen LogP contribution in [0.2, 0.25) is 0 Å². The van der Waals surface area contributed by atoms with Gasteiger partial charge in [0, 0.05) is 18.7 Å². The molecule has 0 radical (unpaired) electrons. The molecule has 1 N–H and O–H groups in total. The Labute approximate surface area is 82.1 Å². The van der Waals surface area contributed by atoms with E-state index in [1.54, 1.807) is 0 Å². The van der Waals surface area contributed by atoms with Gasteiger partial charge >= 0.3 is 0 Å². The Morgan fingerprint density at radius 1 is 1.29 bits per heavy atom. The number of fused-ring (bicyclic) bond motifs is 1. The Hall–Kier alpha value is -0.960. The number of benzene rings is 1. The Kier molecular flexibility index (Phi) is 2.27. The van der Waals surface area contributed by atoms with Crippen molar-refractivity contribution in [2.24, 2.45) is 0 Å². The van der Waals surface area contributed by atoms with Crippen molar-refractivity contribution in [1.29, 1.82) is 0 Å². The van der Waals surface area contributed by atoms with E-state index in [2.05, 4.69) is 5.32 Å². The monoisotopic (exact) mass is 197 g/mol. The molecule has 0 amide bonds. The summed E-state index contributed by atoms with van der Waals surface area (Å²) in [6, 6.07) is 2.61.